The number of aromatic amines is 1. The summed E-state index contributed by atoms with van der Waals surface area (Å²) in [6.07, 6.45) is 8.67. The summed E-state index contributed by atoms with van der Waals surface area (Å²) in [5.74, 6) is -0.246. The van der Waals surface area contributed by atoms with Gasteiger partial charge in [-0.25, -0.2) is 4.79 Å². The second kappa shape index (κ2) is 10.9. The highest BCUT2D eigenvalue weighted by Gasteiger charge is 2.26. The molecule has 0 spiro atoms. The summed E-state index contributed by atoms with van der Waals surface area (Å²) in [4.78, 5) is 43.2. The molecule has 0 saturated heterocycles. The van der Waals surface area contributed by atoms with E-state index < -0.39 is 5.60 Å². The Labute approximate surface area is 234 Å². The van der Waals surface area contributed by atoms with Gasteiger partial charge in [0.05, 0.1) is 23.3 Å². The van der Waals surface area contributed by atoms with Crippen LogP contribution in [0.15, 0.2) is 35.3 Å². The number of nitrogens with one attached hydrogen (secondary N) is 2. The number of amides is 2. The van der Waals surface area contributed by atoms with Crippen LogP contribution in [0, 0.1) is 13.8 Å². The molecule has 5 rings (SSSR count). The van der Waals surface area contributed by atoms with Gasteiger partial charge in [0.15, 0.2) is 0 Å². The van der Waals surface area contributed by atoms with Gasteiger partial charge >= 0.3 is 6.09 Å². The van der Waals surface area contributed by atoms with E-state index in [1.165, 1.54) is 12.8 Å². The zero-order valence-corrected chi connectivity index (χ0v) is 24.1. The van der Waals surface area contributed by atoms with Crippen molar-refractivity contribution in [1.29, 1.82) is 0 Å². The standard InChI is InChI=1S/C31H39N5O4/c1-19-14-20(2)34-29(38)25(19)17-32-28(37)24-15-22(16-27-26(24)18-33-36(27)23-8-6-7-9-23)21-10-12-35(13-11-21)30(39)40-31(3,4)5/h10,14-16,18,23H,6-9,11-13,17H2,1-5H3,(H,32,37)(H,34,38). The van der Waals surface area contributed by atoms with E-state index >= 15 is 0 Å². The molecular weight excluding hydrogens is 506 g/mol. The summed E-state index contributed by atoms with van der Waals surface area (Å²) >= 11 is 0. The van der Waals surface area contributed by atoms with E-state index in [0.717, 1.165) is 46.1 Å². The molecule has 9 nitrogen and oxygen atoms in total. The molecule has 0 atom stereocenters. The number of aromatic nitrogens is 3. The Morgan fingerprint density at radius 3 is 2.55 bits per heavy atom. The fourth-order valence-corrected chi connectivity index (χ4v) is 5.75. The third-order valence-electron chi connectivity index (χ3n) is 7.78. The van der Waals surface area contributed by atoms with Crippen LogP contribution in [-0.2, 0) is 11.3 Å². The quantitative estimate of drug-likeness (QED) is 0.446. The molecule has 9 heteroatoms. The van der Waals surface area contributed by atoms with E-state index in [1.54, 1.807) is 11.1 Å². The Morgan fingerprint density at radius 1 is 1.15 bits per heavy atom. The van der Waals surface area contributed by atoms with Gasteiger partial charge in [0, 0.05) is 36.3 Å². The van der Waals surface area contributed by atoms with Crippen LogP contribution in [0.4, 0.5) is 4.79 Å². The Morgan fingerprint density at radius 2 is 1.90 bits per heavy atom. The second-order valence-corrected chi connectivity index (χ2v) is 12.0. The van der Waals surface area contributed by atoms with Crippen LogP contribution in [0.5, 0.6) is 0 Å². The first-order chi connectivity index (χ1) is 19.0. The summed E-state index contributed by atoms with van der Waals surface area (Å²) in [6.45, 7) is 10.4. The van der Waals surface area contributed by atoms with Crippen LogP contribution in [0.2, 0.25) is 0 Å². The zero-order chi connectivity index (χ0) is 28.6. The molecule has 0 bridgehead atoms. The van der Waals surface area contributed by atoms with Crippen LogP contribution in [-0.4, -0.2) is 50.4 Å². The lowest BCUT2D eigenvalue weighted by Gasteiger charge is -2.29. The van der Waals surface area contributed by atoms with Crippen molar-refractivity contribution in [2.24, 2.45) is 0 Å². The first kappa shape index (κ1) is 27.7. The minimum Gasteiger partial charge on any atom is -0.444 e. The number of aryl methyl sites for hydroxylation is 2. The normalized spacial score (nSPS) is 16.3. The summed E-state index contributed by atoms with van der Waals surface area (Å²) in [5, 5.41) is 8.50. The number of nitrogens with zero attached hydrogens (tertiary/aromatic N) is 3. The van der Waals surface area contributed by atoms with Crippen molar-refractivity contribution in [1.82, 2.24) is 25.0 Å². The monoisotopic (exact) mass is 545 g/mol. The number of H-pyrrole nitrogens is 1. The van der Waals surface area contributed by atoms with Crippen molar-refractivity contribution in [2.45, 2.75) is 84.9 Å². The van der Waals surface area contributed by atoms with E-state index in [9.17, 15) is 14.4 Å². The maximum Gasteiger partial charge on any atom is 0.410 e. The largest absolute Gasteiger partial charge is 0.444 e. The van der Waals surface area contributed by atoms with Gasteiger partial charge in [0.1, 0.15) is 5.60 Å². The summed E-state index contributed by atoms with van der Waals surface area (Å²) in [7, 11) is 0. The molecule has 2 amide bonds. The molecule has 2 aliphatic rings. The van der Waals surface area contributed by atoms with Gasteiger partial charge in [0.2, 0.25) is 0 Å². The SMILES string of the molecule is Cc1cc(C)c(CNC(=O)c2cc(C3=CCN(C(=O)OC(C)(C)C)CC3)cc3c2cnn3C2CCCC2)c(=O)[nH]1. The molecule has 2 N–H and O–H groups in total. The Kier molecular flexibility index (Phi) is 7.57. The van der Waals surface area contributed by atoms with Gasteiger partial charge in [-0.1, -0.05) is 18.9 Å². The predicted molar refractivity (Wildman–Crippen MR) is 155 cm³/mol. The molecule has 0 unspecified atom stereocenters. The fraction of sp³-hybridized carbons (Fsp3) is 0.484. The minimum atomic E-state index is -0.547. The maximum atomic E-state index is 13.6. The molecule has 0 radical (unpaired) electrons. The third-order valence-corrected chi connectivity index (χ3v) is 7.78. The lowest BCUT2D eigenvalue weighted by molar-refractivity contribution is 0.0270. The predicted octanol–water partition coefficient (Wildman–Crippen LogP) is 5.41. The molecular formula is C31H39N5O4. The van der Waals surface area contributed by atoms with E-state index in [0.29, 0.717) is 36.7 Å². The molecule has 1 aliphatic carbocycles. The van der Waals surface area contributed by atoms with Crippen LogP contribution in [0.3, 0.4) is 0 Å². The molecule has 3 aromatic rings. The molecule has 1 aliphatic heterocycles. The first-order valence-corrected chi connectivity index (χ1v) is 14.2. The van der Waals surface area contributed by atoms with Gasteiger partial charge in [-0.05, 0) is 88.8 Å². The van der Waals surface area contributed by atoms with Crippen molar-refractivity contribution in [3.63, 3.8) is 0 Å². The van der Waals surface area contributed by atoms with Gasteiger partial charge in [-0.3, -0.25) is 14.3 Å². The van der Waals surface area contributed by atoms with Crippen LogP contribution in [0.1, 0.15) is 91.7 Å². The van der Waals surface area contributed by atoms with E-state index in [1.807, 2.05) is 52.8 Å². The van der Waals surface area contributed by atoms with Crippen molar-refractivity contribution < 1.29 is 14.3 Å². The van der Waals surface area contributed by atoms with Crippen molar-refractivity contribution >= 4 is 28.5 Å². The average Bonchev–Trinajstić information content (AvgIpc) is 3.56. The van der Waals surface area contributed by atoms with Crippen molar-refractivity contribution in [3.05, 3.63) is 68.8 Å². The number of carbonyl (C=O) groups is 2. The highest BCUT2D eigenvalue weighted by Crippen LogP contribution is 2.35. The lowest BCUT2D eigenvalue weighted by Crippen LogP contribution is -2.39. The number of hydrogen-bond acceptors (Lipinski definition) is 5. The van der Waals surface area contributed by atoms with Gasteiger partial charge < -0.3 is 19.9 Å². The Bertz CT molecular complexity index is 1540. The Balaban J connectivity index is 1.46. The highest BCUT2D eigenvalue weighted by atomic mass is 16.6. The maximum absolute atomic E-state index is 13.6. The highest BCUT2D eigenvalue weighted by molar-refractivity contribution is 6.07. The zero-order valence-electron chi connectivity index (χ0n) is 24.1. The third kappa shape index (κ3) is 5.83. The number of rotatable bonds is 5. The first-order valence-electron chi connectivity index (χ1n) is 14.2. The molecule has 3 heterocycles. The fourth-order valence-electron chi connectivity index (χ4n) is 5.75. The van der Waals surface area contributed by atoms with Gasteiger partial charge in [-0.15, -0.1) is 0 Å². The van der Waals surface area contributed by atoms with Crippen LogP contribution in [0.25, 0.3) is 16.5 Å². The minimum absolute atomic E-state index is 0.135. The number of benzene rings is 1. The molecule has 2 aromatic heterocycles. The van der Waals surface area contributed by atoms with Crippen molar-refractivity contribution in [3.8, 4) is 0 Å². The van der Waals surface area contributed by atoms with E-state index in [4.69, 9.17) is 9.84 Å². The number of pyridine rings is 1. The number of carbonyl (C=O) groups excluding carboxylic acids is 2. The van der Waals surface area contributed by atoms with Gasteiger partial charge in [0.25, 0.3) is 11.5 Å². The number of hydrogen-bond donors (Lipinski definition) is 2. The Hall–Kier alpha value is -3.88. The molecule has 1 aromatic carbocycles. The summed E-state index contributed by atoms with van der Waals surface area (Å²) in [5.41, 5.74) is 4.95. The van der Waals surface area contributed by atoms with Crippen LogP contribution >= 0.6 is 0 Å². The molecule has 1 saturated carbocycles. The van der Waals surface area contributed by atoms with E-state index in [2.05, 4.69) is 21.0 Å². The smallest absolute Gasteiger partial charge is 0.410 e. The number of ether oxygens (including phenoxy) is 1. The number of fused-ring (bicyclic) bond motifs is 1. The van der Waals surface area contributed by atoms with Gasteiger partial charge in [-0.2, -0.15) is 5.10 Å². The topological polar surface area (TPSA) is 109 Å². The molecule has 40 heavy (non-hydrogen) atoms. The second-order valence-electron chi connectivity index (χ2n) is 12.0. The van der Waals surface area contributed by atoms with E-state index in [-0.39, 0.29) is 24.1 Å². The average molecular weight is 546 g/mol. The molecule has 1 fully saturated rings. The lowest BCUT2D eigenvalue weighted by atomic mass is 9.95. The summed E-state index contributed by atoms with van der Waals surface area (Å²) in [6, 6.07) is 6.27. The van der Waals surface area contributed by atoms with Crippen LogP contribution < -0.4 is 10.9 Å². The summed E-state index contributed by atoms with van der Waals surface area (Å²) < 4.78 is 7.62. The molecule has 212 valence electrons. The van der Waals surface area contributed by atoms with Crippen molar-refractivity contribution in [2.75, 3.05) is 13.1 Å².